The first-order chi connectivity index (χ1) is 4.72. The zero-order valence-electron chi connectivity index (χ0n) is 7.22. The third-order valence-electron chi connectivity index (χ3n) is 1.73. The van der Waals surface area contributed by atoms with Gasteiger partial charge in [0.15, 0.2) is 0 Å². The van der Waals surface area contributed by atoms with Gasteiger partial charge < -0.3 is 9.90 Å². The molecule has 0 N–H and O–H groups in total. The van der Waals surface area contributed by atoms with Gasteiger partial charge in [-0.05, 0) is 18.8 Å². The second kappa shape index (κ2) is 8.49. The van der Waals surface area contributed by atoms with Crippen molar-refractivity contribution in [2.45, 2.75) is 39.5 Å². The Morgan fingerprint density at radius 3 is 2.27 bits per heavy atom. The number of rotatable bonds is 5. The average molecular weight is 350 g/mol. The minimum atomic E-state index is -0.893. The molecule has 2 nitrogen and oxygen atoms in total. The van der Waals surface area contributed by atoms with E-state index < -0.39 is 5.97 Å². The minimum Gasteiger partial charge on any atom is -0.550 e. The van der Waals surface area contributed by atoms with E-state index in [0.29, 0.717) is 6.42 Å². The van der Waals surface area contributed by atoms with E-state index in [-0.39, 0.29) is 33.2 Å². The van der Waals surface area contributed by atoms with Crippen LogP contribution in [0.5, 0.6) is 0 Å². The summed E-state index contributed by atoms with van der Waals surface area (Å²) in [4.78, 5) is 10.3. The predicted octanol–water partition coefficient (Wildman–Crippen LogP) is 0.572. The zero-order chi connectivity index (χ0) is 7.98. The fourth-order valence-corrected chi connectivity index (χ4v) is 0.939. The Morgan fingerprint density at radius 2 is 2.00 bits per heavy atom. The Bertz CT molecular complexity index is 104. The minimum absolute atomic E-state index is 0. The summed E-state index contributed by atoms with van der Waals surface area (Å²) in [6.07, 6.45) is 3.52. The molecule has 4 radical (unpaired) electrons. The van der Waals surface area contributed by atoms with Crippen molar-refractivity contribution in [3.8, 4) is 0 Å². The summed E-state index contributed by atoms with van der Waals surface area (Å²) in [5.41, 5.74) is 0. The first-order valence-corrected chi connectivity index (χ1v) is 3.93. The van der Waals surface area contributed by atoms with Crippen molar-refractivity contribution in [2.75, 3.05) is 0 Å². The summed E-state index contributed by atoms with van der Waals surface area (Å²) in [5.74, 6) is -1.11. The fourth-order valence-electron chi connectivity index (χ4n) is 0.939. The van der Waals surface area contributed by atoms with Crippen LogP contribution in [0.3, 0.4) is 0 Å². The van der Waals surface area contributed by atoms with Crippen molar-refractivity contribution in [2.24, 2.45) is 5.92 Å². The predicted molar refractivity (Wildman–Crippen MR) is 44.1 cm³/mol. The Balaban J connectivity index is 0. The molecule has 0 aliphatic carbocycles. The molecule has 0 aromatic heterocycles. The monoisotopic (exact) mass is 351 g/mol. The van der Waals surface area contributed by atoms with Gasteiger partial charge >= 0.3 is 0 Å². The van der Waals surface area contributed by atoms with Crippen molar-refractivity contribution < 1.29 is 9.90 Å². The maximum atomic E-state index is 10.3. The van der Waals surface area contributed by atoms with Gasteiger partial charge in [0.2, 0.25) is 0 Å². The van der Waals surface area contributed by atoms with Gasteiger partial charge in [-0.1, -0.05) is 26.7 Å². The van der Waals surface area contributed by atoms with Crippen LogP contribution in [0.25, 0.3) is 0 Å². The molecule has 3 heteroatoms. The number of carboxylic acids is 1. The molecule has 0 aromatic rings. The molecule has 0 aliphatic heterocycles. The number of hydrogen-bond donors (Lipinski definition) is 0. The smallest absolute Gasteiger partial charge is 0.0445 e. The van der Waals surface area contributed by atoms with E-state index in [2.05, 4.69) is 6.92 Å². The molecule has 1 unspecified atom stereocenters. The Morgan fingerprint density at radius 1 is 1.45 bits per heavy atom. The van der Waals surface area contributed by atoms with Crippen LogP contribution in [0.15, 0.2) is 0 Å². The van der Waals surface area contributed by atoms with E-state index in [1.807, 2.05) is 6.92 Å². The second-order valence-electron chi connectivity index (χ2n) is 2.57. The first kappa shape index (κ1) is 13.9. The Labute approximate surface area is 88.5 Å². The van der Waals surface area contributed by atoms with Gasteiger partial charge in [0, 0.05) is 33.3 Å². The van der Waals surface area contributed by atoms with Crippen LogP contribution in [0, 0.1) is 5.92 Å². The van der Waals surface area contributed by atoms with Crippen LogP contribution >= 0.6 is 0 Å². The number of aliphatic carboxylic acids is 1. The molecule has 0 fully saturated rings. The van der Waals surface area contributed by atoms with Crippen molar-refractivity contribution >= 4 is 33.3 Å². The summed E-state index contributed by atoms with van der Waals surface area (Å²) in [5, 5.41) is 10.3. The van der Waals surface area contributed by atoms with E-state index in [4.69, 9.17) is 0 Å². The molecule has 11 heavy (non-hydrogen) atoms. The normalized spacial score (nSPS) is 11.8. The van der Waals surface area contributed by atoms with Crippen LogP contribution in [0.2, 0.25) is 0 Å². The van der Waals surface area contributed by atoms with E-state index in [1.165, 1.54) is 0 Å². The second-order valence-corrected chi connectivity index (χ2v) is 2.57. The summed E-state index contributed by atoms with van der Waals surface area (Å²) in [6.45, 7) is 3.94. The van der Waals surface area contributed by atoms with E-state index in [9.17, 15) is 9.90 Å². The van der Waals surface area contributed by atoms with Gasteiger partial charge in [0.25, 0.3) is 0 Å². The van der Waals surface area contributed by atoms with E-state index in [0.717, 1.165) is 19.3 Å². The topological polar surface area (TPSA) is 40.1 Å². The van der Waals surface area contributed by atoms with E-state index >= 15 is 0 Å². The van der Waals surface area contributed by atoms with E-state index in [1.54, 1.807) is 0 Å². The quantitative estimate of drug-likeness (QED) is 0.681. The van der Waals surface area contributed by atoms with Gasteiger partial charge in [0.05, 0.1) is 0 Å². The third kappa shape index (κ3) is 6.78. The Hall–Kier alpha value is 0.392. The molecule has 0 amide bonds. The van der Waals surface area contributed by atoms with Crippen molar-refractivity contribution in [3.05, 3.63) is 0 Å². The number of hydrogen-bond acceptors (Lipinski definition) is 2. The molecule has 0 aromatic carbocycles. The largest absolute Gasteiger partial charge is 0.550 e. The first-order valence-electron chi connectivity index (χ1n) is 3.93. The number of carbonyl (C=O) groups is 1. The molecule has 0 saturated carbocycles. The third-order valence-corrected chi connectivity index (χ3v) is 1.73. The summed E-state index contributed by atoms with van der Waals surface area (Å²) in [7, 11) is 0. The van der Waals surface area contributed by atoms with Crippen molar-refractivity contribution in [3.63, 3.8) is 0 Å². The molecule has 64 valence electrons. The molecular weight excluding hydrogens is 335 g/mol. The van der Waals surface area contributed by atoms with Gasteiger partial charge in [-0.2, -0.15) is 0 Å². The molecule has 0 bridgehead atoms. The van der Waals surface area contributed by atoms with Gasteiger partial charge in [-0.15, -0.1) is 0 Å². The summed E-state index contributed by atoms with van der Waals surface area (Å²) in [6, 6.07) is 0. The van der Waals surface area contributed by atoms with Crippen LogP contribution in [-0.2, 0) is 4.79 Å². The molecule has 0 spiro atoms. The number of carboxylic acid groups (broad SMARTS) is 1. The van der Waals surface area contributed by atoms with Crippen LogP contribution in [0.1, 0.15) is 39.5 Å². The number of unbranched alkanes of at least 4 members (excludes halogenated alkanes) is 1. The van der Waals surface area contributed by atoms with Crippen LogP contribution in [-0.4, -0.2) is 33.3 Å². The zero-order valence-corrected chi connectivity index (χ0v) is 11.1. The number of carbonyl (C=O) groups excluding carboxylic acids is 1. The summed E-state index contributed by atoms with van der Waals surface area (Å²) >= 11 is 0. The van der Waals surface area contributed by atoms with Gasteiger partial charge in [-0.3, -0.25) is 0 Å². The van der Waals surface area contributed by atoms with Crippen molar-refractivity contribution in [1.29, 1.82) is 0 Å². The molecule has 0 rings (SSSR count). The molecule has 0 aliphatic rings. The van der Waals surface area contributed by atoms with Crippen LogP contribution in [0.4, 0.5) is 0 Å². The van der Waals surface area contributed by atoms with Crippen molar-refractivity contribution in [1.82, 2.24) is 0 Å². The fraction of sp³-hybridized carbons (Fsp3) is 0.875. The molecule has 0 saturated heterocycles. The van der Waals surface area contributed by atoms with Gasteiger partial charge in [-0.25, -0.2) is 0 Å². The van der Waals surface area contributed by atoms with Gasteiger partial charge in [0.1, 0.15) is 0 Å². The Kier molecular flexibility index (Phi) is 10.8. The molecular formula is C8H15O2Pb-. The molecule has 0 heterocycles. The molecule has 1 atom stereocenters. The van der Waals surface area contributed by atoms with Crippen LogP contribution < -0.4 is 5.11 Å². The SMILES string of the molecule is CCCCC(CC)C(=O)[O-].[Pb]. The summed E-state index contributed by atoms with van der Waals surface area (Å²) < 4.78 is 0. The average Bonchev–Trinajstić information content (AvgIpc) is 1.89. The maximum absolute atomic E-state index is 10.3. The standard InChI is InChI=1S/C8H16O2.Pb/c1-3-5-6-7(4-2)8(9)10;/h7H,3-6H2,1-2H3,(H,9,10);/p-1. The maximum Gasteiger partial charge on any atom is 0.0445 e.